The van der Waals surface area contributed by atoms with Gasteiger partial charge in [0.25, 0.3) is 5.91 Å². The summed E-state index contributed by atoms with van der Waals surface area (Å²) in [5, 5.41) is 2.77. The molecule has 3 aromatic rings. The van der Waals surface area contributed by atoms with E-state index in [0.717, 1.165) is 31.2 Å². The van der Waals surface area contributed by atoms with Crippen molar-refractivity contribution < 1.29 is 4.79 Å². The van der Waals surface area contributed by atoms with Crippen molar-refractivity contribution in [3.05, 3.63) is 52.6 Å². The van der Waals surface area contributed by atoms with E-state index < -0.39 is 0 Å². The number of anilines is 2. The topological polar surface area (TPSA) is 106 Å². The number of hydrogen-bond donors (Lipinski definition) is 3. The maximum absolute atomic E-state index is 12.4. The molecule has 1 saturated carbocycles. The first-order valence-electron chi connectivity index (χ1n) is 8.39. The number of benzene rings is 1. The summed E-state index contributed by atoms with van der Waals surface area (Å²) in [7, 11) is 0. The molecule has 1 aliphatic carbocycles. The monoisotopic (exact) mass is 373 g/mol. The van der Waals surface area contributed by atoms with Crippen molar-refractivity contribution in [3.63, 3.8) is 0 Å². The fourth-order valence-corrected chi connectivity index (χ4v) is 3.48. The number of halogens is 1. The number of hydrogen-bond acceptors (Lipinski definition) is 4. The van der Waals surface area contributed by atoms with E-state index in [1.54, 1.807) is 24.3 Å². The van der Waals surface area contributed by atoms with E-state index in [0.29, 0.717) is 22.6 Å². The lowest BCUT2D eigenvalue weighted by Gasteiger charge is -2.11. The van der Waals surface area contributed by atoms with Gasteiger partial charge in [-0.15, -0.1) is 12.4 Å². The van der Waals surface area contributed by atoms with Crippen LogP contribution in [0.25, 0.3) is 11.0 Å². The van der Waals surface area contributed by atoms with Gasteiger partial charge in [-0.25, -0.2) is 9.78 Å². The van der Waals surface area contributed by atoms with Gasteiger partial charge in [-0.1, -0.05) is 12.8 Å². The predicted molar refractivity (Wildman–Crippen MR) is 104 cm³/mol. The number of nitrogens with one attached hydrogen (secondary N) is 2. The summed E-state index contributed by atoms with van der Waals surface area (Å²) < 4.78 is 1.83. The first-order valence-corrected chi connectivity index (χ1v) is 8.39. The molecular weight excluding hydrogens is 354 g/mol. The molecule has 7 nitrogen and oxygen atoms in total. The van der Waals surface area contributed by atoms with E-state index in [2.05, 4.69) is 15.3 Å². The number of nitrogens with zero attached hydrogens (tertiary/aromatic N) is 2. The van der Waals surface area contributed by atoms with Gasteiger partial charge in [-0.05, 0) is 43.2 Å². The number of imidazole rings is 1. The van der Waals surface area contributed by atoms with Crippen LogP contribution in [0, 0.1) is 0 Å². The SMILES string of the molecule is Cl.Nc1ccc(NC(=O)c2ccc3c(c2)[nH]c(=O)n3C2CCCC2)cn1. The summed E-state index contributed by atoms with van der Waals surface area (Å²) in [4.78, 5) is 31.6. The molecular formula is C18H20ClN5O2. The molecule has 4 N–H and O–H groups in total. The molecule has 2 aromatic heterocycles. The number of nitrogen functional groups attached to an aromatic ring is 1. The van der Waals surface area contributed by atoms with Gasteiger partial charge >= 0.3 is 5.69 Å². The molecule has 0 unspecified atom stereocenters. The average Bonchev–Trinajstić information content (AvgIpc) is 3.22. The Morgan fingerprint density at radius 3 is 2.69 bits per heavy atom. The van der Waals surface area contributed by atoms with Crippen LogP contribution in [0.15, 0.2) is 41.3 Å². The Balaban J connectivity index is 0.00000196. The molecule has 1 aromatic carbocycles. The standard InChI is InChI=1S/C18H19N5O2.ClH/c19-16-8-6-12(10-20-16)21-17(24)11-5-7-15-14(9-11)22-18(25)23(15)13-3-1-2-4-13;/h5-10,13H,1-4H2,(H2,19,20)(H,21,24)(H,22,25);1H. The number of fused-ring (bicyclic) bond motifs is 1. The van der Waals surface area contributed by atoms with E-state index in [-0.39, 0.29) is 30.0 Å². The van der Waals surface area contributed by atoms with E-state index in [4.69, 9.17) is 5.73 Å². The number of rotatable bonds is 3. The molecule has 1 fully saturated rings. The maximum Gasteiger partial charge on any atom is 0.326 e. The Morgan fingerprint density at radius 2 is 2.00 bits per heavy atom. The van der Waals surface area contributed by atoms with Crippen LogP contribution >= 0.6 is 12.4 Å². The molecule has 0 atom stereocenters. The van der Waals surface area contributed by atoms with Gasteiger partial charge in [-0.2, -0.15) is 0 Å². The van der Waals surface area contributed by atoms with Crippen LogP contribution in [0.5, 0.6) is 0 Å². The van der Waals surface area contributed by atoms with Crippen molar-refractivity contribution >= 4 is 40.9 Å². The molecule has 8 heteroatoms. The molecule has 1 aliphatic rings. The number of carbonyl (C=O) groups is 1. The van der Waals surface area contributed by atoms with E-state index >= 15 is 0 Å². The zero-order chi connectivity index (χ0) is 17.4. The molecule has 0 aliphatic heterocycles. The van der Waals surface area contributed by atoms with Gasteiger partial charge in [0.1, 0.15) is 5.82 Å². The first-order chi connectivity index (χ1) is 12.1. The number of pyridine rings is 1. The third kappa shape index (κ3) is 3.30. The van der Waals surface area contributed by atoms with Gasteiger partial charge in [0.15, 0.2) is 0 Å². The molecule has 0 spiro atoms. The van der Waals surface area contributed by atoms with Gasteiger partial charge in [0.2, 0.25) is 0 Å². The summed E-state index contributed by atoms with van der Waals surface area (Å²) in [6.07, 6.45) is 5.86. The van der Waals surface area contributed by atoms with E-state index in [9.17, 15) is 9.59 Å². The normalized spacial score (nSPS) is 14.3. The van der Waals surface area contributed by atoms with E-state index in [1.165, 1.54) is 6.20 Å². The van der Waals surface area contributed by atoms with Gasteiger partial charge in [0.05, 0.1) is 22.9 Å². The maximum atomic E-state index is 12.4. The second-order valence-corrected chi connectivity index (χ2v) is 6.40. The second-order valence-electron chi connectivity index (χ2n) is 6.40. The summed E-state index contributed by atoms with van der Waals surface area (Å²) in [6, 6.07) is 8.85. The lowest BCUT2D eigenvalue weighted by molar-refractivity contribution is 0.102. The number of aromatic amines is 1. The van der Waals surface area contributed by atoms with Crippen molar-refractivity contribution in [1.29, 1.82) is 0 Å². The van der Waals surface area contributed by atoms with Crippen LogP contribution < -0.4 is 16.7 Å². The quantitative estimate of drug-likeness (QED) is 0.655. The molecule has 2 heterocycles. The zero-order valence-electron chi connectivity index (χ0n) is 14.1. The fraction of sp³-hybridized carbons (Fsp3) is 0.278. The number of amides is 1. The van der Waals surface area contributed by atoms with Gasteiger partial charge < -0.3 is 16.0 Å². The number of nitrogens with two attached hydrogens (primary N) is 1. The van der Waals surface area contributed by atoms with Crippen molar-refractivity contribution in [1.82, 2.24) is 14.5 Å². The second kappa shape index (κ2) is 7.21. The first kappa shape index (κ1) is 18.0. The summed E-state index contributed by atoms with van der Waals surface area (Å²) in [5.74, 6) is 0.133. The Kier molecular flexibility index (Phi) is 4.99. The Morgan fingerprint density at radius 1 is 1.23 bits per heavy atom. The highest BCUT2D eigenvalue weighted by atomic mass is 35.5. The Bertz CT molecular complexity index is 987. The van der Waals surface area contributed by atoms with Gasteiger partial charge in [0, 0.05) is 11.6 Å². The third-order valence-corrected chi connectivity index (χ3v) is 4.71. The minimum Gasteiger partial charge on any atom is -0.384 e. The highest BCUT2D eigenvalue weighted by Crippen LogP contribution is 2.30. The largest absolute Gasteiger partial charge is 0.384 e. The summed E-state index contributed by atoms with van der Waals surface area (Å²) >= 11 is 0. The van der Waals surface area contributed by atoms with Crippen molar-refractivity contribution in [3.8, 4) is 0 Å². The molecule has 26 heavy (non-hydrogen) atoms. The van der Waals surface area contributed by atoms with Crippen LogP contribution in [0.2, 0.25) is 0 Å². The highest BCUT2D eigenvalue weighted by Gasteiger charge is 2.21. The van der Waals surface area contributed by atoms with Crippen molar-refractivity contribution in [2.45, 2.75) is 31.7 Å². The molecule has 136 valence electrons. The molecule has 0 bridgehead atoms. The van der Waals surface area contributed by atoms with Crippen LogP contribution in [0.1, 0.15) is 42.1 Å². The minimum atomic E-state index is -0.261. The molecule has 0 saturated heterocycles. The summed E-state index contributed by atoms with van der Waals surface area (Å²) in [5.41, 5.74) is 8.00. The fourth-order valence-electron chi connectivity index (χ4n) is 3.48. The number of aromatic nitrogens is 3. The Hall–Kier alpha value is -2.80. The predicted octanol–water partition coefficient (Wildman–Crippen LogP) is 3.10. The smallest absolute Gasteiger partial charge is 0.326 e. The van der Waals surface area contributed by atoms with Crippen molar-refractivity contribution in [2.75, 3.05) is 11.1 Å². The molecule has 1 amide bonds. The van der Waals surface area contributed by atoms with Crippen LogP contribution in [-0.2, 0) is 0 Å². The number of carbonyl (C=O) groups excluding carboxylic acids is 1. The lowest BCUT2D eigenvalue weighted by atomic mass is 10.1. The average molecular weight is 374 g/mol. The highest BCUT2D eigenvalue weighted by molar-refractivity contribution is 6.05. The van der Waals surface area contributed by atoms with E-state index in [1.807, 2.05) is 10.6 Å². The van der Waals surface area contributed by atoms with Crippen LogP contribution in [0.4, 0.5) is 11.5 Å². The van der Waals surface area contributed by atoms with Crippen LogP contribution in [0.3, 0.4) is 0 Å². The molecule has 4 rings (SSSR count). The zero-order valence-corrected chi connectivity index (χ0v) is 14.9. The van der Waals surface area contributed by atoms with Crippen LogP contribution in [-0.4, -0.2) is 20.4 Å². The lowest BCUT2D eigenvalue weighted by Crippen LogP contribution is -2.20. The molecule has 0 radical (unpaired) electrons. The van der Waals surface area contributed by atoms with Crippen molar-refractivity contribution in [2.24, 2.45) is 0 Å². The summed E-state index contributed by atoms with van der Waals surface area (Å²) in [6.45, 7) is 0. The van der Waals surface area contributed by atoms with Gasteiger partial charge in [-0.3, -0.25) is 9.36 Å². The number of H-pyrrole nitrogens is 1. The minimum absolute atomic E-state index is 0. The Labute approximate surface area is 156 Å². The third-order valence-electron chi connectivity index (χ3n) is 4.71.